The minimum Gasteiger partial charge on any atom is -0.478 e. The molecule has 0 aliphatic rings. The Labute approximate surface area is 196 Å². The van der Waals surface area contributed by atoms with E-state index in [9.17, 15) is 19.5 Å². The number of amidine groups is 1. The average Bonchev–Trinajstić information content (AvgIpc) is 2.82. The fourth-order valence-corrected chi connectivity index (χ4v) is 3.24. The number of nitrogens with one attached hydrogen (secondary N) is 3. The van der Waals surface area contributed by atoms with Gasteiger partial charge in [0.15, 0.2) is 0 Å². The Balaban J connectivity index is 1.94. The second-order valence-electron chi connectivity index (χ2n) is 8.01. The van der Waals surface area contributed by atoms with Crippen molar-refractivity contribution in [2.75, 3.05) is 11.9 Å². The Morgan fingerprint density at radius 3 is 2.32 bits per heavy atom. The molecule has 0 saturated carbocycles. The van der Waals surface area contributed by atoms with Crippen LogP contribution in [0.15, 0.2) is 60.8 Å². The molecule has 0 aliphatic carbocycles. The van der Waals surface area contributed by atoms with Crippen molar-refractivity contribution < 1.29 is 19.5 Å². The minimum atomic E-state index is -1.22. The van der Waals surface area contributed by atoms with Crippen LogP contribution in [0.25, 0.3) is 11.1 Å². The van der Waals surface area contributed by atoms with Gasteiger partial charge in [-0.1, -0.05) is 38.1 Å². The van der Waals surface area contributed by atoms with Crippen LogP contribution < -0.4 is 16.4 Å². The van der Waals surface area contributed by atoms with Gasteiger partial charge in [-0.25, -0.2) is 4.79 Å². The van der Waals surface area contributed by atoms with E-state index in [4.69, 9.17) is 11.1 Å². The normalized spacial score (nSPS) is 10.6. The van der Waals surface area contributed by atoms with Crippen LogP contribution in [0.1, 0.15) is 50.6 Å². The molecule has 0 unspecified atom stereocenters. The van der Waals surface area contributed by atoms with Crippen molar-refractivity contribution in [3.63, 3.8) is 0 Å². The van der Waals surface area contributed by atoms with Gasteiger partial charge in [-0.3, -0.25) is 20.0 Å². The van der Waals surface area contributed by atoms with Gasteiger partial charge in [-0.2, -0.15) is 0 Å². The molecule has 1 heterocycles. The summed E-state index contributed by atoms with van der Waals surface area (Å²) in [6.45, 7) is 4.39. The molecular formula is C25H25N5O4. The summed E-state index contributed by atoms with van der Waals surface area (Å²) in [5.41, 5.74) is 7.16. The highest BCUT2D eigenvalue weighted by Crippen LogP contribution is 2.29. The third-order valence-corrected chi connectivity index (χ3v) is 4.94. The molecule has 0 saturated heterocycles. The lowest BCUT2D eigenvalue weighted by Gasteiger charge is -2.14. The van der Waals surface area contributed by atoms with Crippen LogP contribution in [0.4, 0.5) is 5.69 Å². The molecule has 0 aliphatic heterocycles. The van der Waals surface area contributed by atoms with E-state index in [0.29, 0.717) is 23.4 Å². The van der Waals surface area contributed by atoms with Gasteiger partial charge in [-0.05, 0) is 47.4 Å². The number of carboxylic acid groups (broad SMARTS) is 1. The Kier molecular flexibility index (Phi) is 7.37. The predicted molar refractivity (Wildman–Crippen MR) is 129 cm³/mol. The number of nitrogens with zero attached hydrogens (tertiary/aromatic N) is 1. The van der Waals surface area contributed by atoms with Crippen molar-refractivity contribution in [1.29, 1.82) is 5.41 Å². The highest BCUT2D eigenvalue weighted by atomic mass is 16.4. The van der Waals surface area contributed by atoms with Gasteiger partial charge in [0.25, 0.3) is 11.8 Å². The number of amides is 2. The zero-order valence-corrected chi connectivity index (χ0v) is 18.8. The molecule has 0 radical (unpaired) electrons. The fraction of sp³-hybridized carbons (Fsp3) is 0.160. The topological polar surface area (TPSA) is 158 Å². The van der Waals surface area contributed by atoms with Crippen LogP contribution >= 0.6 is 0 Å². The first-order chi connectivity index (χ1) is 16.2. The van der Waals surface area contributed by atoms with E-state index in [2.05, 4.69) is 15.6 Å². The molecule has 3 aromatic rings. The van der Waals surface area contributed by atoms with Gasteiger partial charge in [0.1, 0.15) is 11.5 Å². The predicted octanol–water partition coefficient (Wildman–Crippen LogP) is 3.37. The number of nitrogen functional groups attached to an aromatic ring is 1. The number of nitrogens with two attached hydrogens (primary N) is 1. The molecule has 1 aromatic heterocycles. The Morgan fingerprint density at radius 1 is 1.00 bits per heavy atom. The minimum absolute atomic E-state index is 0.0927. The first-order valence-corrected chi connectivity index (χ1v) is 10.5. The van der Waals surface area contributed by atoms with Gasteiger partial charge in [-0.15, -0.1) is 0 Å². The number of aromatic carboxylic acids is 1. The second-order valence-corrected chi connectivity index (χ2v) is 8.01. The number of hydrogen-bond acceptors (Lipinski definition) is 5. The van der Waals surface area contributed by atoms with Crippen LogP contribution in [-0.4, -0.2) is 40.3 Å². The largest absolute Gasteiger partial charge is 0.478 e. The van der Waals surface area contributed by atoms with Crippen molar-refractivity contribution in [1.82, 2.24) is 10.3 Å². The zero-order chi connectivity index (χ0) is 24.8. The van der Waals surface area contributed by atoms with Crippen LogP contribution in [0.3, 0.4) is 0 Å². The third-order valence-electron chi connectivity index (χ3n) is 4.94. The lowest BCUT2D eigenvalue weighted by atomic mass is 9.93. The SMILES string of the molecule is CC(C)CNC(=O)c1ccc(-c2ccccc2C(=O)Nc2ccc(C(=N)N)nc2)c(C(=O)O)c1. The van der Waals surface area contributed by atoms with E-state index < -0.39 is 11.9 Å². The van der Waals surface area contributed by atoms with Crippen molar-refractivity contribution in [2.24, 2.45) is 11.7 Å². The smallest absolute Gasteiger partial charge is 0.336 e. The highest BCUT2D eigenvalue weighted by Gasteiger charge is 2.20. The number of carboxylic acids is 1. The summed E-state index contributed by atoms with van der Waals surface area (Å²) in [7, 11) is 0. The Bertz CT molecular complexity index is 1250. The quantitative estimate of drug-likeness (QED) is 0.257. The maximum Gasteiger partial charge on any atom is 0.336 e. The summed E-state index contributed by atoms with van der Waals surface area (Å²) in [5.74, 6) is -1.99. The Hall–Kier alpha value is -4.53. The summed E-state index contributed by atoms with van der Waals surface area (Å²) >= 11 is 0. The van der Waals surface area contributed by atoms with E-state index in [1.807, 2.05) is 13.8 Å². The molecular weight excluding hydrogens is 434 g/mol. The molecule has 0 bridgehead atoms. The van der Waals surface area contributed by atoms with Gasteiger partial charge < -0.3 is 21.5 Å². The molecule has 0 atom stereocenters. The van der Waals surface area contributed by atoms with E-state index in [1.165, 1.54) is 30.5 Å². The molecule has 0 fully saturated rings. The summed E-state index contributed by atoms with van der Waals surface area (Å²) < 4.78 is 0. The highest BCUT2D eigenvalue weighted by molar-refractivity contribution is 6.11. The number of hydrogen-bond donors (Lipinski definition) is 5. The maximum absolute atomic E-state index is 13.0. The molecule has 9 heteroatoms. The van der Waals surface area contributed by atoms with E-state index >= 15 is 0 Å². The Morgan fingerprint density at radius 2 is 1.71 bits per heavy atom. The molecule has 9 nitrogen and oxygen atoms in total. The van der Waals surface area contributed by atoms with Gasteiger partial charge in [0.2, 0.25) is 0 Å². The number of aromatic nitrogens is 1. The number of carbonyl (C=O) groups is 3. The molecule has 34 heavy (non-hydrogen) atoms. The van der Waals surface area contributed by atoms with Crippen LogP contribution in [0.2, 0.25) is 0 Å². The molecule has 2 aromatic carbocycles. The summed E-state index contributed by atoms with van der Waals surface area (Å²) in [6.07, 6.45) is 1.38. The number of benzene rings is 2. The van der Waals surface area contributed by atoms with E-state index in [-0.39, 0.29) is 40.0 Å². The van der Waals surface area contributed by atoms with E-state index in [1.54, 1.807) is 30.3 Å². The zero-order valence-electron chi connectivity index (χ0n) is 18.8. The lowest BCUT2D eigenvalue weighted by molar-refractivity contribution is 0.0697. The van der Waals surface area contributed by atoms with Gasteiger partial charge in [0.05, 0.1) is 17.4 Å². The number of rotatable bonds is 8. The van der Waals surface area contributed by atoms with Crippen molar-refractivity contribution in [3.8, 4) is 11.1 Å². The standard InChI is InChI=1S/C25H25N5O4/c1-14(2)12-29-23(31)15-7-9-18(20(11-15)25(33)34)17-5-3-4-6-19(17)24(32)30-16-8-10-21(22(26)27)28-13-16/h3-11,13-14H,12H2,1-2H3,(H3,26,27)(H,29,31)(H,30,32)(H,33,34). The van der Waals surface area contributed by atoms with Crippen LogP contribution in [0.5, 0.6) is 0 Å². The molecule has 0 spiro atoms. The van der Waals surface area contributed by atoms with Crippen molar-refractivity contribution >= 4 is 29.3 Å². The number of pyridine rings is 1. The summed E-state index contributed by atoms with van der Waals surface area (Å²) in [4.78, 5) is 41.5. The van der Waals surface area contributed by atoms with Gasteiger partial charge in [0, 0.05) is 17.7 Å². The monoisotopic (exact) mass is 459 g/mol. The fourth-order valence-electron chi connectivity index (χ4n) is 3.24. The number of carbonyl (C=O) groups excluding carboxylic acids is 2. The molecule has 6 N–H and O–H groups in total. The van der Waals surface area contributed by atoms with Crippen molar-refractivity contribution in [2.45, 2.75) is 13.8 Å². The lowest BCUT2D eigenvalue weighted by Crippen LogP contribution is -2.27. The molecule has 3 rings (SSSR count). The van der Waals surface area contributed by atoms with Crippen molar-refractivity contribution in [3.05, 3.63) is 83.2 Å². The van der Waals surface area contributed by atoms with Crippen LogP contribution in [0, 0.1) is 11.3 Å². The first-order valence-electron chi connectivity index (χ1n) is 10.5. The van der Waals surface area contributed by atoms with E-state index in [0.717, 1.165) is 0 Å². The van der Waals surface area contributed by atoms with Gasteiger partial charge >= 0.3 is 5.97 Å². The molecule has 174 valence electrons. The first kappa shape index (κ1) is 24.1. The maximum atomic E-state index is 13.0. The van der Waals surface area contributed by atoms with Crippen LogP contribution in [-0.2, 0) is 0 Å². The summed E-state index contributed by atoms with van der Waals surface area (Å²) in [6, 6.07) is 14.1. The average molecular weight is 460 g/mol. The third kappa shape index (κ3) is 5.63. The second kappa shape index (κ2) is 10.4. The summed E-state index contributed by atoms with van der Waals surface area (Å²) in [5, 5.41) is 22.7. The molecule has 2 amide bonds. The number of anilines is 1.